The minimum atomic E-state index is -0.106. The Hall–Kier alpha value is -2.25. The molecule has 4 bridgehead atoms. The number of hydrogen-bond acceptors (Lipinski definition) is 5. The summed E-state index contributed by atoms with van der Waals surface area (Å²) in [4.78, 5) is 34.0. The van der Waals surface area contributed by atoms with Crippen LogP contribution in [0.4, 0.5) is 5.13 Å². The number of nitrogens with one attached hydrogen (secondary N) is 2. The van der Waals surface area contributed by atoms with Crippen molar-refractivity contribution in [3.8, 4) is 0 Å². The third kappa shape index (κ3) is 5.03. The van der Waals surface area contributed by atoms with Gasteiger partial charge in [0, 0.05) is 49.3 Å². The van der Waals surface area contributed by atoms with Gasteiger partial charge < -0.3 is 10.6 Å². The van der Waals surface area contributed by atoms with Crippen LogP contribution in [0.5, 0.6) is 0 Å². The second-order valence-electron chi connectivity index (χ2n) is 11.4. The van der Waals surface area contributed by atoms with Crippen LogP contribution in [0.25, 0.3) is 0 Å². The fraction of sp³-hybridized carbons (Fsp3) is 0.607. The standard InChI is InChI=1S/C28H36N4O2S/c33-25(7-4-9-29-26(34)28-14-20-11-21(15-28)13-22(12-20)16-28)31-27-30-23-8-10-32(18-24(23)35-27)17-19-5-2-1-3-6-19/h1-3,5-6,20-22H,4,7-18H2,(H,29,34)(H,30,31,33). The van der Waals surface area contributed by atoms with E-state index in [0.29, 0.717) is 24.5 Å². The van der Waals surface area contributed by atoms with E-state index in [1.807, 2.05) is 6.07 Å². The quantitative estimate of drug-likeness (QED) is 0.522. The van der Waals surface area contributed by atoms with E-state index >= 15 is 0 Å². The zero-order valence-corrected chi connectivity index (χ0v) is 21.2. The Labute approximate surface area is 211 Å². The van der Waals surface area contributed by atoms with Crippen molar-refractivity contribution in [2.45, 2.75) is 70.9 Å². The molecule has 4 fully saturated rings. The predicted octanol–water partition coefficient (Wildman–Crippen LogP) is 4.75. The Balaban J connectivity index is 0.944. The Morgan fingerprint density at radius 3 is 2.49 bits per heavy atom. The Morgan fingerprint density at radius 2 is 1.77 bits per heavy atom. The van der Waals surface area contributed by atoms with Gasteiger partial charge in [0.2, 0.25) is 11.8 Å². The van der Waals surface area contributed by atoms with Crippen molar-refractivity contribution in [1.29, 1.82) is 0 Å². The summed E-state index contributed by atoms with van der Waals surface area (Å²) in [6.45, 7) is 3.39. The summed E-state index contributed by atoms with van der Waals surface area (Å²) in [5, 5.41) is 6.89. The van der Waals surface area contributed by atoms with Gasteiger partial charge in [-0.3, -0.25) is 14.5 Å². The maximum atomic E-state index is 13.1. The fourth-order valence-electron chi connectivity index (χ4n) is 7.49. The molecule has 6 nitrogen and oxygen atoms in total. The number of rotatable bonds is 8. The predicted molar refractivity (Wildman–Crippen MR) is 138 cm³/mol. The molecule has 4 saturated carbocycles. The van der Waals surface area contributed by atoms with Gasteiger partial charge in [0.15, 0.2) is 5.13 Å². The maximum Gasteiger partial charge on any atom is 0.226 e. The highest BCUT2D eigenvalue weighted by atomic mass is 32.1. The van der Waals surface area contributed by atoms with Gasteiger partial charge in [-0.2, -0.15) is 0 Å². The zero-order valence-electron chi connectivity index (χ0n) is 20.4. The first-order valence-corrected chi connectivity index (χ1v) is 14.2. The van der Waals surface area contributed by atoms with Crippen molar-refractivity contribution in [3.63, 3.8) is 0 Å². The van der Waals surface area contributed by atoms with Crippen LogP contribution in [-0.4, -0.2) is 34.8 Å². The first kappa shape index (κ1) is 23.2. The Kier molecular flexibility index (Phi) is 6.39. The largest absolute Gasteiger partial charge is 0.356 e. The van der Waals surface area contributed by atoms with E-state index in [9.17, 15) is 9.59 Å². The van der Waals surface area contributed by atoms with Crippen LogP contribution in [-0.2, 0) is 29.1 Å². The number of fused-ring (bicyclic) bond motifs is 1. The Morgan fingerprint density at radius 1 is 1.06 bits per heavy atom. The lowest BCUT2D eigenvalue weighted by Crippen LogP contribution is -2.53. The summed E-state index contributed by atoms with van der Waals surface area (Å²) in [5.74, 6) is 2.55. The highest BCUT2D eigenvalue weighted by Crippen LogP contribution is 2.60. The second-order valence-corrected chi connectivity index (χ2v) is 12.5. The number of amides is 2. The van der Waals surface area contributed by atoms with Crippen molar-refractivity contribution in [2.75, 3.05) is 18.4 Å². The van der Waals surface area contributed by atoms with Gasteiger partial charge in [0.05, 0.1) is 5.69 Å². The number of carbonyl (C=O) groups excluding carboxylic acids is 2. The molecule has 35 heavy (non-hydrogen) atoms. The molecule has 186 valence electrons. The van der Waals surface area contributed by atoms with Crippen LogP contribution >= 0.6 is 11.3 Å². The highest BCUT2D eigenvalue weighted by Gasteiger charge is 2.54. The molecule has 5 aliphatic rings. The smallest absolute Gasteiger partial charge is 0.226 e. The first-order valence-electron chi connectivity index (χ1n) is 13.4. The SMILES string of the molecule is O=C(CCCNC(=O)C12CC3CC(CC(C3)C1)C2)Nc1nc2c(s1)CN(Cc1ccccc1)CC2. The van der Waals surface area contributed by atoms with Crippen LogP contribution in [0.2, 0.25) is 0 Å². The van der Waals surface area contributed by atoms with E-state index < -0.39 is 0 Å². The fourth-order valence-corrected chi connectivity index (χ4v) is 8.55. The minimum Gasteiger partial charge on any atom is -0.356 e. The van der Waals surface area contributed by atoms with E-state index in [1.165, 1.54) is 29.7 Å². The molecule has 0 atom stereocenters. The molecule has 0 saturated heterocycles. The topological polar surface area (TPSA) is 74.3 Å². The summed E-state index contributed by atoms with van der Waals surface area (Å²) < 4.78 is 0. The summed E-state index contributed by atoms with van der Waals surface area (Å²) in [7, 11) is 0. The van der Waals surface area contributed by atoms with Crippen LogP contribution < -0.4 is 10.6 Å². The van der Waals surface area contributed by atoms with Crippen LogP contribution in [0, 0.1) is 23.2 Å². The van der Waals surface area contributed by atoms with Gasteiger partial charge in [-0.25, -0.2) is 4.98 Å². The number of hydrogen-bond donors (Lipinski definition) is 2. The molecule has 1 aromatic heterocycles. The molecule has 2 N–H and O–H groups in total. The summed E-state index contributed by atoms with van der Waals surface area (Å²) in [6.07, 6.45) is 9.29. The lowest BCUT2D eigenvalue weighted by atomic mass is 9.49. The molecule has 4 aliphatic carbocycles. The van der Waals surface area contributed by atoms with Gasteiger partial charge in [0.25, 0.3) is 0 Å². The number of nitrogens with zero attached hydrogens (tertiary/aromatic N) is 2. The van der Waals surface area contributed by atoms with Gasteiger partial charge in [-0.15, -0.1) is 11.3 Å². The molecule has 0 spiro atoms. The molecule has 7 rings (SSSR count). The normalized spacial score (nSPS) is 29.1. The van der Waals surface area contributed by atoms with E-state index in [2.05, 4.69) is 44.8 Å². The van der Waals surface area contributed by atoms with Gasteiger partial charge in [-0.1, -0.05) is 30.3 Å². The van der Waals surface area contributed by atoms with E-state index in [-0.39, 0.29) is 17.2 Å². The molecule has 1 aromatic carbocycles. The van der Waals surface area contributed by atoms with Crippen LogP contribution in [0.15, 0.2) is 30.3 Å². The van der Waals surface area contributed by atoms with E-state index in [4.69, 9.17) is 0 Å². The highest BCUT2D eigenvalue weighted by molar-refractivity contribution is 7.15. The number of thiazole rings is 1. The summed E-state index contributed by atoms with van der Waals surface area (Å²) in [5.41, 5.74) is 2.34. The molecule has 2 heterocycles. The monoisotopic (exact) mass is 492 g/mol. The molecule has 2 aromatic rings. The molecule has 2 amide bonds. The maximum absolute atomic E-state index is 13.1. The summed E-state index contributed by atoms with van der Waals surface area (Å²) >= 11 is 1.60. The van der Waals surface area contributed by atoms with E-state index in [1.54, 1.807) is 11.3 Å². The minimum absolute atomic E-state index is 0.0127. The van der Waals surface area contributed by atoms with Crippen LogP contribution in [0.1, 0.15) is 67.5 Å². The molecular weight excluding hydrogens is 456 g/mol. The second kappa shape index (κ2) is 9.66. The van der Waals surface area contributed by atoms with Gasteiger partial charge >= 0.3 is 0 Å². The number of carbonyl (C=O) groups is 2. The lowest BCUT2D eigenvalue weighted by molar-refractivity contribution is -0.146. The number of benzene rings is 1. The van der Waals surface area contributed by atoms with Crippen molar-refractivity contribution >= 4 is 28.3 Å². The molecular formula is C28H36N4O2S. The lowest BCUT2D eigenvalue weighted by Gasteiger charge is -2.55. The number of anilines is 1. The van der Waals surface area contributed by atoms with Gasteiger partial charge in [0.1, 0.15) is 0 Å². The molecule has 0 radical (unpaired) electrons. The third-order valence-corrected chi connectivity index (χ3v) is 9.69. The Bertz CT molecular complexity index is 1050. The van der Waals surface area contributed by atoms with Crippen molar-refractivity contribution in [2.24, 2.45) is 23.2 Å². The zero-order chi connectivity index (χ0) is 23.8. The summed E-state index contributed by atoms with van der Waals surface area (Å²) in [6, 6.07) is 10.5. The van der Waals surface area contributed by atoms with Crippen molar-refractivity contribution < 1.29 is 9.59 Å². The third-order valence-electron chi connectivity index (χ3n) is 8.69. The van der Waals surface area contributed by atoms with Gasteiger partial charge in [-0.05, 0) is 68.3 Å². The molecule has 0 unspecified atom stereocenters. The average Bonchev–Trinajstić information content (AvgIpc) is 3.23. The van der Waals surface area contributed by atoms with Crippen LogP contribution in [0.3, 0.4) is 0 Å². The van der Waals surface area contributed by atoms with E-state index in [0.717, 1.165) is 68.8 Å². The first-order chi connectivity index (χ1) is 17.0. The molecule has 7 heteroatoms. The van der Waals surface area contributed by atoms with Crippen molar-refractivity contribution in [3.05, 3.63) is 46.5 Å². The molecule has 1 aliphatic heterocycles. The van der Waals surface area contributed by atoms with Crippen molar-refractivity contribution in [1.82, 2.24) is 15.2 Å². The average molecular weight is 493 g/mol. The number of aromatic nitrogens is 1.